The number of aryl methyl sites for hydroxylation is 1. The van der Waals surface area contributed by atoms with E-state index in [0.29, 0.717) is 11.7 Å². The predicted molar refractivity (Wildman–Crippen MR) is 130 cm³/mol. The molecule has 2 aromatic heterocycles. The summed E-state index contributed by atoms with van der Waals surface area (Å²) >= 11 is 5.82. The molecular weight excluding hydrogens is 457 g/mol. The highest BCUT2D eigenvalue weighted by Gasteiger charge is 2.44. The Hall–Kier alpha value is -2.87. The fourth-order valence-corrected chi connectivity index (χ4v) is 5.97. The fourth-order valence-electron chi connectivity index (χ4n) is 5.58. The Morgan fingerprint density at radius 3 is 2.47 bits per heavy atom. The number of nitrogens with one attached hydrogen (secondary N) is 1. The van der Waals surface area contributed by atoms with Crippen LogP contribution in [-0.2, 0) is 6.18 Å². The maximum Gasteiger partial charge on any atom is 0.416 e. The summed E-state index contributed by atoms with van der Waals surface area (Å²) in [6, 6.07) is 13.6. The number of hydrogen-bond acceptors (Lipinski definition) is 2. The second-order valence-electron chi connectivity index (χ2n) is 9.18. The third-order valence-corrected chi connectivity index (χ3v) is 7.40. The first-order valence-electron chi connectivity index (χ1n) is 11.6. The third-order valence-electron chi connectivity index (χ3n) is 7.07. The molecule has 0 amide bonds. The standard InChI is InChI=1S/C26H27F3N4S/c1-16-14-21(17(2)32(16)20-11-7-8-18(15-20)26(27,28)29)24-23(22-12-5-6-13-30-22)31-25(34)33(24)19-9-3-4-10-19/h5-8,11-15,19,23-24H,3-4,9-10H2,1-2H3,(H,31,34)/t23-,24+/m0/s1. The lowest BCUT2D eigenvalue weighted by Crippen LogP contribution is -2.37. The van der Waals surface area contributed by atoms with Crippen molar-refractivity contribution in [3.05, 3.63) is 82.9 Å². The van der Waals surface area contributed by atoms with Crippen molar-refractivity contribution in [2.45, 2.75) is 63.8 Å². The smallest absolute Gasteiger partial charge is 0.352 e. The largest absolute Gasteiger partial charge is 0.416 e. The number of nitrogens with zero attached hydrogens (tertiary/aromatic N) is 3. The first-order chi connectivity index (χ1) is 16.3. The Morgan fingerprint density at radius 1 is 1.03 bits per heavy atom. The second kappa shape index (κ2) is 8.73. The van der Waals surface area contributed by atoms with E-state index in [1.807, 2.05) is 36.6 Å². The number of thiocarbonyl (C=S) groups is 1. The minimum atomic E-state index is -4.39. The highest BCUT2D eigenvalue weighted by Crippen LogP contribution is 2.45. The first-order valence-corrected chi connectivity index (χ1v) is 12.0. The maximum atomic E-state index is 13.4. The highest BCUT2D eigenvalue weighted by molar-refractivity contribution is 7.80. The lowest BCUT2D eigenvalue weighted by Gasteiger charge is -2.33. The molecule has 1 aromatic carbocycles. The van der Waals surface area contributed by atoms with E-state index in [9.17, 15) is 13.2 Å². The van der Waals surface area contributed by atoms with Gasteiger partial charge in [-0.2, -0.15) is 13.2 Å². The number of rotatable bonds is 4. The van der Waals surface area contributed by atoms with Crippen LogP contribution in [0.15, 0.2) is 54.7 Å². The molecule has 1 saturated carbocycles. The van der Waals surface area contributed by atoms with Crippen molar-refractivity contribution < 1.29 is 13.2 Å². The summed E-state index contributed by atoms with van der Waals surface area (Å²) in [6.45, 7) is 3.92. The average molecular weight is 485 g/mol. The number of alkyl halides is 3. The van der Waals surface area contributed by atoms with Crippen molar-refractivity contribution >= 4 is 17.3 Å². The number of aromatic nitrogens is 2. The van der Waals surface area contributed by atoms with Gasteiger partial charge in [-0.3, -0.25) is 4.98 Å². The van der Waals surface area contributed by atoms with Crippen LogP contribution in [0.4, 0.5) is 13.2 Å². The molecule has 2 aliphatic rings. The summed E-state index contributed by atoms with van der Waals surface area (Å²) in [5, 5.41) is 4.23. The van der Waals surface area contributed by atoms with Crippen LogP contribution in [0.25, 0.3) is 5.69 Å². The van der Waals surface area contributed by atoms with Gasteiger partial charge in [-0.1, -0.05) is 25.0 Å². The molecule has 1 aliphatic heterocycles. The van der Waals surface area contributed by atoms with Crippen molar-refractivity contribution in [1.82, 2.24) is 19.8 Å². The van der Waals surface area contributed by atoms with Crippen molar-refractivity contribution in [1.29, 1.82) is 0 Å². The van der Waals surface area contributed by atoms with Crippen molar-refractivity contribution in [2.24, 2.45) is 0 Å². The summed E-state index contributed by atoms with van der Waals surface area (Å²) < 4.78 is 42.1. The second-order valence-corrected chi connectivity index (χ2v) is 9.57. The van der Waals surface area contributed by atoms with E-state index < -0.39 is 11.7 Å². The molecule has 0 radical (unpaired) electrons. The molecule has 5 rings (SSSR count). The van der Waals surface area contributed by atoms with Gasteiger partial charge in [-0.05, 0) is 80.9 Å². The van der Waals surface area contributed by atoms with Crippen molar-refractivity contribution in [3.8, 4) is 5.69 Å². The Bertz CT molecular complexity index is 1200. The summed E-state index contributed by atoms with van der Waals surface area (Å²) in [7, 11) is 0. The zero-order valence-corrected chi connectivity index (χ0v) is 20.0. The lowest BCUT2D eigenvalue weighted by molar-refractivity contribution is -0.137. The van der Waals surface area contributed by atoms with E-state index in [-0.39, 0.29) is 12.1 Å². The molecule has 2 fully saturated rings. The van der Waals surface area contributed by atoms with E-state index in [2.05, 4.69) is 21.3 Å². The minimum Gasteiger partial charge on any atom is -0.352 e. The van der Waals surface area contributed by atoms with Crippen molar-refractivity contribution in [2.75, 3.05) is 0 Å². The molecule has 1 N–H and O–H groups in total. The first kappa shape index (κ1) is 22.9. The average Bonchev–Trinajstić information content (AvgIpc) is 3.51. The molecule has 3 aromatic rings. The number of hydrogen-bond donors (Lipinski definition) is 1. The van der Waals surface area contributed by atoms with E-state index in [4.69, 9.17) is 12.2 Å². The molecule has 0 unspecified atom stereocenters. The molecule has 1 saturated heterocycles. The SMILES string of the molecule is Cc1cc([C@@H]2[C@H](c3ccccn3)NC(=S)N2C2CCCC2)c(C)n1-c1cccc(C(F)(F)F)c1. The molecule has 34 heavy (non-hydrogen) atoms. The quantitative estimate of drug-likeness (QED) is 0.433. The van der Waals surface area contributed by atoms with Gasteiger partial charge in [0.25, 0.3) is 0 Å². The molecule has 2 atom stereocenters. The lowest BCUT2D eigenvalue weighted by atomic mass is 9.95. The van der Waals surface area contributed by atoms with Gasteiger partial charge in [0.05, 0.1) is 23.3 Å². The van der Waals surface area contributed by atoms with Gasteiger partial charge < -0.3 is 14.8 Å². The molecule has 8 heteroatoms. The molecule has 178 valence electrons. The van der Waals surface area contributed by atoms with Crippen LogP contribution in [-0.4, -0.2) is 25.6 Å². The summed E-state index contributed by atoms with van der Waals surface area (Å²) in [4.78, 5) is 6.93. The van der Waals surface area contributed by atoms with E-state index in [0.717, 1.165) is 46.7 Å². The molecule has 3 heterocycles. The van der Waals surface area contributed by atoms with Crippen LogP contribution in [0, 0.1) is 13.8 Å². The highest BCUT2D eigenvalue weighted by atomic mass is 32.1. The topological polar surface area (TPSA) is 33.1 Å². The van der Waals surface area contributed by atoms with Gasteiger partial charge in [0, 0.05) is 29.3 Å². The van der Waals surface area contributed by atoms with Crippen molar-refractivity contribution in [3.63, 3.8) is 0 Å². The zero-order valence-electron chi connectivity index (χ0n) is 19.1. The molecule has 0 bridgehead atoms. The molecule has 0 spiro atoms. The van der Waals surface area contributed by atoms with E-state index >= 15 is 0 Å². The third kappa shape index (κ3) is 3.98. The van der Waals surface area contributed by atoms with Gasteiger partial charge in [0.2, 0.25) is 0 Å². The van der Waals surface area contributed by atoms with Gasteiger partial charge in [-0.25, -0.2) is 0 Å². The van der Waals surface area contributed by atoms with Crippen LogP contribution in [0.1, 0.15) is 66.0 Å². The van der Waals surface area contributed by atoms with E-state index in [1.54, 1.807) is 12.3 Å². The van der Waals surface area contributed by atoms with Crippen LogP contribution in [0.3, 0.4) is 0 Å². The number of pyridine rings is 1. The molecule has 4 nitrogen and oxygen atoms in total. The molecular formula is C26H27F3N4S. The minimum absolute atomic E-state index is 0.0868. The Morgan fingerprint density at radius 2 is 1.79 bits per heavy atom. The van der Waals surface area contributed by atoms with Crippen LogP contribution in [0.2, 0.25) is 0 Å². The zero-order chi connectivity index (χ0) is 24.0. The Kier molecular flexibility index (Phi) is 5.88. The summed E-state index contributed by atoms with van der Waals surface area (Å²) in [5.74, 6) is 0. The van der Waals surface area contributed by atoms with Gasteiger partial charge in [0.1, 0.15) is 0 Å². The molecule has 1 aliphatic carbocycles. The normalized spacial score (nSPS) is 21.3. The van der Waals surface area contributed by atoms with Gasteiger partial charge >= 0.3 is 6.18 Å². The fraction of sp³-hybridized carbons (Fsp3) is 0.385. The van der Waals surface area contributed by atoms with Crippen LogP contribution >= 0.6 is 12.2 Å². The van der Waals surface area contributed by atoms with Crippen LogP contribution < -0.4 is 5.32 Å². The monoisotopic (exact) mass is 484 g/mol. The Labute approximate surface area is 202 Å². The van der Waals surface area contributed by atoms with Gasteiger partial charge in [0.15, 0.2) is 5.11 Å². The summed E-state index contributed by atoms with van der Waals surface area (Å²) in [6.07, 6.45) is 1.90. The van der Waals surface area contributed by atoms with Gasteiger partial charge in [-0.15, -0.1) is 0 Å². The Balaban J connectivity index is 1.62. The predicted octanol–water partition coefficient (Wildman–Crippen LogP) is 6.42. The maximum absolute atomic E-state index is 13.4. The van der Waals surface area contributed by atoms with Crippen LogP contribution in [0.5, 0.6) is 0 Å². The number of halogens is 3. The number of benzene rings is 1. The van der Waals surface area contributed by atoms with E-state index in [1.165, 1.54) is 25.0 Å². The summed E-state index contributed by atoms with van der Waals surface area (Å²) in [5.41, 5.74) is 3.62.